The van der Waals surface area contributed by atoms with E-state index >= 15 is 0 Å². The van der Waals surface area contributed by atoms with Crippen molar-refractivity contribution >= 4 is 38.9 Å². The Morgan fingerprint density at radius 3 is 2.78 bits per heavy atom. The second-order valence-electron chi connectivity index (χ2n) is 4.76. The molecule has 0 saturated heterocycles. The number of aryl methyl sites for hydroxylation is 2. The molecular weight excluding hydrogens is 384 g/mol. The summed E-state index contributed by atoms with van der Waals surface area (Å²) in [4.78, 5) is 38.5. The molecule has 0 amide bonds. The van der Waals surface area contributed by atoms with Gasteiger partial charge in [0, 0.05) is 31.7 Å². The number of imidazole rings is 1. The van der Waals surface area contributed by atoms with Crippen LogP contribution in [-0.2, 0) is 13.6 Å². The van der Waals surface area contributed by atoms with Crippen LogP contribution >= 0.6 is 27.7 Å². The lowest BCUT2D eigenvalue weighted by atomic mass is 10.4. The van der Waals surface area contributed by atoms with Crippen LogP contribution in [0.15, 0.2) is 37.9 Å². The number of thioether (sulfide) groups is 1. The van der Waals surface area contributed by atoms with Gasteiger partial charge in [0.05, 0.1) is 0 Å². The Morgan fingerprint density at radius 1 is 1.30 bits per heavy atom. The maximum absolute atomic E-state index is 12.1. The van der Waals surface area contributed by atoms with E-state index in [1.807, 2.05) is 0 Å². The van der Waals surface area contributed by atoms with Crippen LogP contribution < -0.4 is 11.2 Å². The molecule has 0 aliphatic heterocycles. The van der Waals surface area contributed by atoms with Crippen LogP contribution in [0.2, 0.25) is 0 Å². The molecule has 0 aliphatic rings. The first-order valence-electron chi connectivity index (χ1n) is 6.83. The number of hydrogen-bond donors (Lipinski definition) is 1. The fraction of sp³-hybridized carbons (Fsp3) is 0.308. The van der Waals surface area contributed by atoms with E-state index in [4.69, 9.17) is 0 Å². The van der Waals surface area contributed by atoms with E-state index in [2.05, 4.69) is 35.9 Å². The number of aromatic amines is 1. The average Bonchev–Trinajstić information content (AvgIpc) is 2.88. The fourth-order valence-corrected chi connectivity index (χ4v) is 3.41. The molecule has 0 saturated carbocycles. The zero-order chi connectivity index (χ0) is 16.4. The van der Waals surface area contributed by atoms with Crippen LogP contribution in [0.25, 0.3) is 11.2 Å². The van der Waals surface area contributed by atoms with Gasteiger partial charge in [-0.3, -0.25) is 14.3 Å². The van der Waals surface area contributed by atoms with Crippen molar-refractivity contribution in [3.63, 3.8) is 0 Å². The van der Waals surface area contributed by atoms with Crippen LogP contribution in [0.4, 0.5) is 0 Å². The van der Waals surface area contributed by atoms with Gasteiger partial charge in [-0.1, -0.05) is 11.8 Å². The molecule has 0 spiro atoms. The molecule has 0 aliphatic carbocycles. The van der Waals surface area contributed by atoms with Gasteiger partial charge in [0.15, 0.2) is 21.1 Å². The summed E-state index contributed by atoms with van der Waals surface area (Å²) in [6.45, 7) is 0.595. The van der Waals surface area contributed by atoms with Crippen LogP contribution in [-0.4, -0.2) is 34.8 Å². The number of aromatic nitrogens is 6. The summed E-state index contributed by atoms with van der Waals surface area (Å²) in [7, 11) is 1.58. The summed E-state index contributed by atoms with van der Waals surface area (Å²) in [6.07, 6.45) is 4.21. The van der Waals surface area contributed by atoms with Gasteiger partial charge in [-0.2, -0.15) is 0 Å². The van der Waals surface area contributed by atoms with Gasteiger partial charge in [-0.05, 0) is 28.4 Å². The van der Waals surface area contributed by atoms with Crippen molar-refractivity contribution in [2.75, 3.05) is 5.75 Å². The molecule has 3 heterocycles. The Bertz CT molecular complexity index is 949. The van der Waals surface area contributed by atoms with E-state index in [0.29, 0.717) is 22.4 Å². The number of H-pyrrole nitrogens is 1. The Hall–Kier alpha value is -1.94. The highest BCUT2D eigenvalue weighted by molar-refractivity contribution is 9.10. The van der Waals surface area contributed by atoms with E-state index in [9.17, 15) is 9.59 Å². The van der Waals surface area contributed by atoms with E-state index in [-0.39, 0.29) is 0 Å². The molecule has 0 aromatic carbocycles. The SMILES string of the molecule is Cn1c(=O)[nH]c(=O)c2c1nc(Br)n2CCCSc1ncccn1. The molecule has 120 valence electrons. The maximum atomic E-state index is 12.1. The van der Waals surface area contributed by atoms with Crippen molar-refractivity contribution in [2.45, 2.75) is 18.1 Å². The monoisotopic (exact) mass is 396 g/mol. The summed E-state index contributed by atoms with van der Waals surface area (Å²) >= 11 is 4.90. The summed E-state index contributed by atoms with van der Waals surface area (Å²) in [5, 5.41) is 0.724. The smallest absolute Gasteiger partial charge is 0.313 e. The van der Waals surface area contributed by atoms with Crippen LogP contribution in [0.3, 0.4) is 0 Å². The lowest BCUT2D eigenvalue weighted by Crippen LogP contribution is -2.29. The summed E-state index contributed by atoms with van der Waals surface area (Å²) < 4.78 is 3.62. The number of rotatable bonds is 5. The van der Waals surface area contributed by atoms with Gasteiger partial charge in [0.2, 0.25) is 0 Å². The number of nitrogens with zero attached hydrogens (tertiary/aromatic N) is 5. The molecule has 0 fully saturated rings. The Balaban J connectivity index is 1.78. The minimum absolute atomic E-state index is 0.365. The number of nitrogens with one attached hydrogen (secondary N) is 1. The van der Waals surface area contributed by atoms with Gasteiger partial charge < -0.3 is 4.57 Å². The van der Waals surface area contributed by atoms with E-state index < -0.39 is 11.2 Å². The Labute approximate surface area is 143 Å². The minimum Gasteiger partial charge on any atom is -0.313 e. The third-order valence-electron chi connectivity index (χ3n) is 3.26. The molecule has 8 nitrogen and oxygen atoms in total. The van der Waals surface area contributed by atoms with Gasteiger partial charge in [0.25, 0.3) is 5.56 Å². The molecule has 0 unspecified atom stereocenters. The molecule has 3 aromatic heterocycles. The normalized spacial score (nSPS) is 11.2. The van der Waals surface area contributed by atoms with Crippen LogP contribution in [0.1, 0.15) is 6.42 Å². The quantitative estimate of drug-likeness (QED) is 0.300. The number of fused-ring (bicyclic) bond motifs is 1. The van der Waals surface area contributed by atoms with Crippen LogP contribution in [0.5, 0.6) is 0 Å². The van der Waals surface area contributed by atoms with E-state index in [1.165, 1.54) is 4.57 Å². The van der Waals surface area contributed by atoms with Crippen molar-refractivity contribution in [1.82, 2.24) is 29.1 Å². The van der Waals surface area contributed by atoms with Crippen molar-refractivity contribution < 1.29 is 0 Å². The highest BCUT2D eigenvalue weighted by Gasteiger charge is 2.15. The van der Waals surface area contributed by atoms with Crippen molar-refractivity contribution in [3.05, 3.63) is 44.0 Å². The molecule has 1 N–H and O–H groups in total. The first-order chi connectivity index (χ1) is 11.1. The van der Waals surface area contributed by atoms with Gasteiger partial charge in [-0.15, -0.1) is 0 Å². The molecule has 0 radical (unpaired) electrons. The highest BCUT2D eigenvalue weighted by atomic mass is 79.9. The van der Waals surface area contributed by atoms with Gasteiger partial charge in [-0.25, -0.2) is 19.7 Å². The Morgan fingerprint density at radius 2 is 2.04 bits per heavy atom. The largest absolute Gasteiger partial charge is 0.329 e. The molecule has 3 rings (SSSR count). The van der Waals surface area contributed by atoms with Crippen molar-refractivity contribution in [3.8, 4) is 0 Å². The second-order valence-corrected chi connectivity index (χ2v) is 6.53. The minimum atomic E-state index is -0.476. The van der Waals surface area contributed by atoms with Gasteiger partial charge >= 0.3 is 5.69 Å². The summed E-state index contributed by atoms with van der Waals surface area (Å²) in [5.74, 6) is 0.805. The zero-order valence-corrected chi connectivity index (χ0v) is 14.6. The lowest BCUT2D eigenvalue weighted by molar-refractivity contribution is 0.683. The number of halogens is 1. The Kier molecular flexibility index (Phi) is 4.62. The average molecular weight is 397 g/mol. The second kappa shape index (κ2) is 6.67. The van der Waals surface area contributed by atoms with Gasteiger partial charge in [0.1, 0.15) is 0 Å². The lowest BCUT2D eigenvalue weighted by Gasteiger charge is -2.05. The predicted octanol–water partition coefficient (Wildman–Crippen LogP) is 1.16. The van der Waals surface area contributed by atoms with E-state index in [1.54, 1.807) is 41.8 Å². The third kappa shape index (κ3) is 3.22. The molecule has 23 heavy (non-hydrogen) atoms. The predicted molar refractivity (Wildman–Crippen MR) is 90.7 cm³/mol. The third-order valence-corrected chi connectivity index (χ3v) is 4.83. The molecular formula is C13H13BrN6O2S. The number of hydrogen-bond acceptors (Lipinski definition) is 6. The summed E-state index contributed by atoms with van der Waals surface area (Å²) in [6, 6.07) is 1.77. The van der Waals surface area contributed by atoms with E-state index in [0.717, 1.165) is 17.3 Å². The molecule has 10 heteroatoms. The van der Waals surface area contributed by atoms with Crippen molar-refractivity contribution in [2.24, 2.45) is 7.05 Å². The first-order valence-corrected chi connectivity index (χ1v) is 8.60. The van der Waals surface area contributed by atoms with Crippen molar-refractivity contribution in [1.29, 1.82) is 0 Å². The fourth-order valence-electron chi connectivity index (χ4n) is 2.16. The standard InChI is InChI=1S/C13H13BrN6O2S/c1-19-9-8(10(21)18-13(19)22)20(11(14)17-9)6-3-7-23-12-15-4-2-5-16-12/h2,4-5H,3,6-7H2,1H3,(H,18,21,22). The molecule has 3 aromatic rings. The molecule has 0 atom stereocenters. The van der Waals surface area contributed by atoms with Crippen LogP contribution in [0, 0.1) is 0 Å². The zero-order valence-electron chi connectivity index (χ0n) is 12.2. The highest BCUT2D eigenvalue weighted by Crippen LogP contribution is 2.18. The topological polar surface area (TPSA) is 98.5 Å². The maximum Gasteiger partial charge on any atom is 0.329 e. The summed E-state index contributed by atoms with van der Waals surface area (Å²) in [5.41, 5.74) is -0.151. The first kappa shape index (κ1) is 15.9. The molecule has 0 bridgehead atoms.